The van der Waals surface area contributed by atoms with Crippen LogP contribution in [-0.2, 0) is 33.6 Å². The average Bonchev–Trinajstić information content (AvgIpc) is 3.12. The highest BCUT2D eigenvalue weighted by Crippen LogP contribution is 2.27. The van der Waals surface area contributed by atoms with Gasteiger partial charge in [-0.1, -0.05) is 32.9 Å². The Morgan fingerprint density at radius 2 is 1.69 bits per heavy atom. The van der Waals surface area contributed by atoms with E-state index >= 15 is 0 Å². The van der Waals surface area contributed by atoms with E-state index in [1.54, 1.807) is 11.6 Å². The van der Waals surface area contributed by atoms with Crippen LogP contribution < -0.4 is 5.32 Å². The van der Waals surface area contributed by atoms with Gasteiger partial charge in [0, 0.05) is 32.9 Å². The number of nitrogens with one attached hydrogen (secondary N) is 1. The maximum absolute atomic E-state index is 12.9. The van der Waals surface area contributed by atoms with Gasteiger partial charge in [0.25, 0.3) is 5.91 Å². The number of aryl methyl sites for hydroxylation is 3. The zero-order valence-electron chi connectivity index (χ0n) is 20.0. The van der Waals surface area contributed by atoms with Gasteiger partial charge in [-0.05, 0) is 54.0 Å². The van der Waals surface area contributed by atoms with E-state index in [0.29, 0.717) is 38.5 Å². The Morgan fingerprint density at radius 3 is 2.25 bits per heavy atom. The van der Waals surface area contributed by atoms with E-state index in [0.717, 1.165) is 6.42 Å². The molecule has 1 aromatic carbocycles. The van der Waals surface area contributed by atoms with Gasteiger partial charge in [-0.2, -0.15) is 4.31 Å². The number of nitrogens with zero attached hydrogens (tertiary/aromatic N) is 2. The first-order valence-corrected chi connectivity index (χ1v) is 12.5. The number of hydrogen-bond donors (Lipinski definition) is 1. The predicted molar refractivity (Wildman–Crippen MR) is 126 cm³/mol. The lowest BCUT2D eigenvalue weighted by atomic mass is 9.83. The molecule has 0 bridgehead atoms. The number of aromatic nitrogens is 1. The van der Waals surface area contributed by atoms with Crippen molar-refractivity contribution in [3.8, 4) is 0 Å². The van der Waals surface area contributed by atoms with Crippen LogP contribution in [0.1, 0.15) is 53.5 Å². The Morgan fingerprint density at radius 1 is 1.09 bits per heavy atom. The van der Waals surface area contributed by atoms with Gasteiger partial charge in [0.2, 0.25) is 10.0 Å². The van der Waals surface area contributed by atoms with Crippen LogP contribution in [0.25, 0.3) is 0 Å². The summed E-state index contributed by atoms with van der Waals surface area (Å²) in [6, 6.07) is 5.91. The van der Waals surface area contributed by atoms with Gasteiger partial charge in [0.1, 0.15) is 10.6 Å². The summed E-state index contributed by atoms with van der Waals surface area (Å²) in [7, 11) is -1.95. The Kier molecular flexibility index (Phi) is 7.17. The molecule has 1 saturated heterocycles. The zero-order chi connectivity index (χ0) is 23.7. The summed E-state index contributed by atoms with van der Waals surface area (Å²) in [5.74, 6) is -0.280. The van der Waals surface area contributed by atoms with Crippen LogP contribution >= 0.6 is 0 Å². The molecule has 7 nitrogen and oxygen atoms in total. The van der Waals surface area contributed by atoms with Crippen LogP contribution in [0.15, 0.2) is 29.3 Å². The van der Waals surface area contributed by atoms with Crippen molar-refractivity contribution in [2.75, 3.05) is 32.8 Å². The molecule has 0 spiro atoms. The summed E-state index contributed by atoms with van der Waals surface area (Å²) in [6.45, 7) is 12.7. The van der Waals surface area contributed by atoms with Crippen LogP contribution in [0.2, 0.25) is 0 Å². The number of morpholine rings is 1. The van der Waals surface area contributed by atoms with Gasteiger partial charge in [0.05, 0.1) is 13.2 Å². The molecule has 0 aliphatic carbocycles. The first-order valence-electron chi connectivity index (χ1n) is 11.0. The fourth-order valence-corrected chi connectivity index (χ4v) is 5.53. The van der Waals surface area contributed by atoms with Gasteiger partial charge in [0.15, 0.2) is 0 Å². The van der Waals surface area contributed by atoms with Crippen LogP contribution in [0.5, 0.6) is 0 Å². The molecule has 3 rings (SSSR count). The molecule has 1 aromatic heterocycles. The summed E-state index contributed by atoms with van der Waals surface area (Å²) in [5.41, 5.74) is 5.41. The number of benzene rings is 1. The predicted octanol–water partition coefficient (Wildman–Crippen LogP) is 2.93. The van der Waals surface area contributed by atoms with E-state index in [4.69, 9.17) is 4.74 Å². The van der Waals surface area contributed by atoms with Gasteiger partial charge in [-0.15, -0.1) is 0 Å². The Balaban J connectivity index is 1.67. The minimum atomic E-state index is -3.64. The van der Waals surface area contributed by atoms with Gasteiger partial charge >= 0.3 is 0 Å². The maximum atomic E-state index is 12.9. The molecule has 1 amide bonds. The largest absolute Gasteiger partial charge is 0.379 e. The first kappa shape index (κ1) is 24.5. The average molecular weight is 462 g/mol. The molecule has 176 valence electrons. The second-order valence-electron chi connectivity index (χ2n) is 9.53. The zero-order valence-corrected chi connectivity index (χ0v) is 20.8. The lowest BCUT2D eigenvalue weighted by Crippen LogP contribution is -2.40. The summed E-state index contributed by atoms with van der Waals surface area (Å²) >= 11 is 0. The molecule has 0 saturated carbocycles. The highest BCUT2D eigenvalue weighted by atomic mass is 32.2. The van der Waals surface area contributed by atoms with E-state index in [-0.39, 0.29) is 16.2 Å². The topological polar surface area (TPSA) is 80.6 Å². The second-order valence-corrected chi connectivity index (χ2v) is 11.5. The molecule has 8 heteroatoms. The summed E-state index contributed by atoms with van der Waals surface area (Å²) in [6.07, 6.45) is 2.22. The van der Waals surface area contributed by atoms with E-state index < -0.39 is 10.0 Å². The quantitative estimate of drug-likeness (QED) is 0.717. The molecule has 1 N–H and O–H groups in total. The highest BCUT2D eigenvalue weighted by Gasteiger charge is 2.28. The molecule has 0 atom stereocenters. The minimum Gasteiger partial charge on any atom is -0.379 e. The summed E-state index contributed by atoms with van der Waals surface area (Å²) in [5, 5.41) is 2.94. The maximum Gasteiger partial charge on any atom is 0.267 e. The number of carbonyl (C=O) groups excluding carboxylic acids is 1. The third kappa shape index (κ3) is 5.24. The molecule has 0 radical (unpaired) electrons. The molecule has 1 fully saturated rings. The molecule has 0 unspecified atom stereocenters. The van der Waals surface area contributed by atoms with Crippen molar-refractivity contribution in [1.29, 1.82) is 0 Å². The Hall–Kier alpha value is -2.16. The highest BCUT2D eigenvalue weighted by molar-refractivity contribution is 7.89. The van der Waals surface area contributed by atoms with Crippen molar-refractivity contribution in [1.82, 2.24) is 14.2 Å². The Bertz CT molecular complexity index is 1070. The van der Waals surface area contributed by atoms with Crippen LogP contribution in [0.4, 0.5) is 0 Å². The Labute approximate surface area is 191 Å². The number of ether oxygens (including phenoxy) is 1. The third-order valence-electron chi connectivity index (χ3n) is 6.04. The lowest BCUT2D eigenvalue weighted by molar-refractivity contribution is 0.0730. The minimum absolute atomic E-state index is 0.0913. The third-order valence-corrected chi connectivity index (χ3v) is 7.91. The van der Waals surface area contributed by atoms with E-state index in [1.165, 1.54) is 38.8 Å². The van der Waals surface area contributed by atoms with Gasteiger partial charge in [-0.25, -0.2) is 8.42 Å². The molecular formula is C24H35N3O4S. The molecule has 32 heavy (non-hydrogen) atoms. The smallest absolute Gasteiger partial charge is 0.267 e. The van der Waals surface area contributed by atoms with Crippen LogP contribution in [0, 0.1) is 13.8 Å². The second kappa shape index (κ2) is 9.37. The SMILES string of the molecule is Cc1cc(C(C)(C)C)cc(C)c1CCNC(=O)c1cc(S(=O)(=O)N2CCOCC2)cn1C. The van der Waals surface area contributed by atoms with Crippen molar-refractivity contribution in [2.24, 2.45) is 7.05 Å². The van der Waals surface area contributed by atoms with Crippen molar-refractivity contribution < 1.29 is 17.9 Å². The summed E-state index contributed by atoms with van der Waals surface area (Å²) in [4.78, 5) is 12.9. The van der Waals surface area contributed by atoms with Gasteiger partial charge in [-0.3, -0.25) is 4.79 Å². The summed E-state index contributed by atoms with van der Waals surface area (Å²) < 4.78 is 34.0. The van der Waals surface area contributed by atoms with Crippen molar-refractivity contribution in [2.45, 2.75) is 51.3 Å². The van der Waals surface area contributed by atoms with E-state index in [9.17, 15) is 13.2 Å². The number of rotatable bonds is 6. The standard InChI is InChI=1S/C24H35N3O4S/c1-17-13-19(24(3,4)5)14-18(2)21(17)7-8-25-23(28)22-15-20(16-26(22)6)32(29,30)27-9-11-31-12-10-27/h13-16H,7-12H2,1-6H3,(H,25,28). The number of hydrogen-bond acceptors (Lipinski definition) is 4. The first-order chi connectivity index (χ1) is 14.9. The molecule has 1 aliphatic heterocycles. The van der Waals surface area contributed by atoms with E-state index in [2.05, 4.69) is 52.1 Å². The van der Waals surface area contributed by atoms with Crippen molar-refractivity contribution in [3.63, 3.8) is 0 Å². The van der Waals surface area contributed by atoms with Crippen LogP contribution in [0.3, 0.4) is 0 Å². The molecular weight excluding hydrogens is 426 g/mol. The van der Waals surface area contributed by atoms with Crippen molar-refractivity contribution in [3.05, 3.63) is 52.3 Å². The normalized spacial score (nSPS) is 15.7. The number of amides is 1. The fraction of sp³-hybridized carbons (Fsp3) is 0.542. The van der Waals surface area contributed by atoms with E-state index in [1.807, 2.05) is 0 Å². The lowest BCUT2D eigenvalue weighted by Gasteiger charge is -2.25. The number of carbonyl (C=O) groups is 1. The molecule has 2 heterocycles. The number of sulfonamides is 1. The van der Waals surface area contributed by atoms with Crippen molar-refractivity contribution >= 4 is 15.9 Å². The monoisotopic (exact) mass is 461 g/mol. The van der Waals surface area contributed by atoms with Crippen LogP contribution in [-0.4, -0.2) is 56.0 Å². The molecule has 2 aromatic rings. The fourth-order valence-electron chi connectivity index (χ4n) is 4.05. The molecule has 1 aliphatic rings. The van der Waals surface area contributed by atoms with Gasteiger partial charge < -0.3 is 14.6 Å².